The molecular weight excluding hydrogens is 214 g/mol. The molecule has 0 spiro atoms. The summed E-state index contributed by atoms with van der Waals surface area (Å²) in [7, 11) is 0. The molecule has 1 aliphatic rings. The third-order valence-electron chi connectivity index (χ3n) is 2.58. The highest BCUT2D eigenvalue weighted by Gasteiger charge is 2.54. The molecule has 7 heteroatoms. The van der Waals surface area contributed by atoms with E-state index in [2.05, 4.69) is 5.43 Å². The van der Waals surface area contributed by atoms with E-state index in [0.29, 0.717) is 13.0 Å². The Labute approximate surface area is 92.9 Å². The van der Waals surface area contributed by atoms with Crippen molar-refractivity contribution in [2.45, 2.75) is 32.2 Å². The van der Waals surface area contributed by atoms with Crippen molar-refractivity contribution in [3.05, 3.63) is 22.0 Å². The normalized spacial score (nSPS) is 24.4. The van der Waals surface area contributed by atoms with Gasteiger partial charge in [-0.05, 0) is 13.3 Å². The maximum Gasteiger partial charge on any atom is 0.337 e. The molecule has 0 saturated heterocycles. The van der Waals surface area contributed by atoms with E-state index in [-0.39, 0.29) is 12.1 Å². The van der Waals surface area contributed by atoms with Crippen molar-refractivity contribution in [2.24, 2.45) is 0 Å². The second-order valence-electron chi connectivity index (χ2n) is 3.63. The number of nitro groups is 1. The van der Waals surface area contributed by atoms with Crippen molar-refractivity contribution in [3.8, 4) is 0 Å². The highest BCUT2D eigenvalue weighted by molar-refractivity contribution is 5.83. The predicted octanol–water partition coefficient (Wildman–Crippen LogP) is 0.568. The van der Waals surface area contributed by atoms with Gasteiger partial charge in [0.1, 0.15) is 0 Å². The summed E-state index contributed by atoms with van der Waals surface area (Å²) in [6.07, 6.45) is 1.98. The molecule has 2 N–H and O–H groups in total. The molecular formula is C9H15N3O4. The number of hydrogen-bond donors (Lipinski definition) is 2. The molecule has 0 aromatic carbocycles. The van der Waals surface area contributed by atoms with Crippen LogP contribution in [0.2, 0.25) is 0 Å². The summed E-state index contributed by atoms with van der Waals surface area (Å²) in [5.74, 6) is -1.21. The van der Waals surface area contributed by atoms with E-state index in [1.54, 1.807) is 13.8 Å². The first-order valence-electron chi connectivity index (χ1n) is 5.12. The summed E-state index contributed by atoms with van der Waals surface area (Å²) < 4.78 is 0. The maximum atomic E-state index is 11.3. The lowest BCUT2D eigenvalue weighted by Crippen LogP contribution is -2.55. The van der Waals surface area contributed by atoms with Crippen molar-refractivity contribution in [1.29, 1.82) is 0 Å². The molecule has 0 amide bonds. The Hall–Kier alpha value is -1.63. The number of rotatable bonds is 5. The second kappa shape index (κ2) is 4.48. The summed E-state index contributed by atoms with van der Waals surface area (Å²) in [6, 6.07) is 0. The van der Waals surface area contributed by atoms with Gasteiger partial charge in [-0.25, -0.2) is 10.2 Å². The number of carboxylic acids is 1. The van der Waals surface area contributed by atoms with Crippen LogP contribution in [0.25, 0.3) is 0 Å². The Morgan fingerprint density at radius 3 is 2.69 bits per heavy atom. The van der Waals surface area contributed by atoms with Crippen molar-refractivity contribution >= 4 is 5.97 Å². The molecule has 0 aromatic rings. The number of hydrazine groups is 1. The number of nitrogens with one attached hydrogen (secondary N) is 1. The monoisotopic (exact) mass is 229 g/mol. The van der Waals surface area contributed by atoms with Gasteiger partial charge in [0.25, 0.3) is 5.70 Å². The van der Waals surface area contributed by atoms with E-state index in [1.807, 2.05) is 0 Å². The fourth-order valence-corrected chi connectivity index (χ4v) is 1.79. The van der Waals surface area contributed by atoms with Crippen LogP contribution in [0.3, 0.4) is 0 Å². The quantitative estimate of drug-likeness (QED) is 0.528. The SMILES string of the molecule is CCCC1(C(=O)O)NN(CC)C=C1[N+](=O)[O-]. The molecule has 0 aromatic heterocycles. The van der Waals surface area contributed by atoms with Crippen molar-refractivity contribution in [2.75, 3.05) is 6.54 Å². The van der Waals surface area contributed by atoms with Gasteiger partial charge in [0.15, 0.2) is 0 Å². The average molecular weight is 229 g/mol. The summed E-state index contributed by atoms with van der Waals surface area (Å²) in [5, 5.41) is 21.5. The van der Waals surface area contributed by atoms with Gasteiger partial charge in [-0.1, -0.05) is 13.3 Å². The molecule has 1 atom stereocenters. The third-order valence-corrected chi connectivity index (χ3v) is 2.58. The first-order valence-corrected chi connectivity index (χ1v) is 5.12. The Kier molecular flexibility index (Phi) is 3.48. The second-order valence-corrected chi connectivity index (χ2v) is 3.63. The maximum absolute atomic E-state index is 11.3. The van der Waals surface area contributed by atoms with Gasteiger partial charge in [-0.2, -0.15) is 0 Å². The highest BCUT2D eigenvalue weighted by Crippen LogP contribution is 2.29. The lowest BCUT2D eigenvalue weighted by molar-refractivity contribution is -0.433. The van der Waals surface area contributed by atoms with Gasteiger partial charge >= 0.3 is 5.97 Å². The van der Waals surface area contributed by atoms with Crippen molar-refractivity contribution < 1.29 is 14.8 Å². The lowest BCUT2D eigenvalue weighted by Gasteiger charge is -2.25. The van der Waals surface area contributed by atoms with Crippen LogP contribution in [0.15, 0.2) is 11.9 Å². The summed E-state index contributed by atoms with van der Waals surface area (Å²) in [5.41, 5.74) is 0.794. The number of carboxylic acid groups (broad SMARTS) is 1. The van der Waals surface area contributed by atoms with Gasteiger partial charge in [0.2, 0.25) is 5.54 Å². The fraction of sp³-hybridized carbons (Fsp3) is 0.667. The van der Waals surface area contributed by atoms with Crippen LogP contribution in [-0.4, -0.2) is 33.1 Å². The summed E-state index contributed by atoms with van der Waals surface area (Å²) in [6.45, 7) is 4.04. The van der Waals surface area contributed by atoms with E-state index in [4.69, 9.17) is 0 Å². The first kappa shape index (κ1) is 12.4. The van der Waals surface area contributed by atoms with Crippen molar-refractivity contribution in [3.63, 3.8) is 0 Å². The minimum atomic E-state index is -1.59. The largest absolute Gasteiger partial charge is 0.479 e. The lowest BCUT2D eigenvalue weighted by atomic mass is 9.92. The molecule has 1 heterocycles. The van der Waals surface area contributed by atoms with Crippen LogP contribution in [0.4, 0.5) is 0 Å². The average Bonchev–Trinajstić information content (AvgIpc) is 2.59. The van der Waals surface area contributed by atoms with Crippen LogP contribution < -0.4 is 5.43 Å². The minimum Gasteiger partial charge on any atom is -0.479 e. The summed E-state index contributed by atoms with van der Waals surface area (Å²) in [4.78, 5) is 21.5. The van der Waals surface area contributed by atoms with Crippen LogP contribution in [0.1, 0.15) is 26.7 Å². The molecule has 0 aliphatic carbocycles. The topological polar surface area (TPSA) is 95.7 Å². The Bertz CT molecular complexity index is 342. The zero-order chi connectivity index (χ0) is 12.3. The number of carbonyl (C=O) groups is 1. The van der Waals surface area contributed by atoms with E-state index < -0.39 is 16.4 Å². The molecule has 16 heavy (non-hydrogen) atoms. The van der Waals surface area contributed by atoms with Crippen molar-refractivity contribution in [1.82, 2.24) is 10.4 Å². The molecule has 0 radical (unpaired) electrons. The zero-order valence-corrected chi connectivity index (χ0v) is 9.27. The van der Waals surface area contributed by atoms with E-state index in [0.717, 1.165) is 0 Å². The third kappa shape index (κ3) is 1.85. The van der Waals surface area contributed by atoms with E-state index >= 15 is 0 Å². The molecule has 90 valence electrons. The first-order chi connectivity index (χ1) is 7.47. The molecule has 0 saturated carbocycles. The van der Waals surface area contributed by atoms with Gasteiger partial charge in [-0.15, -0.1) is 0 Å². The van der Waals surface area contributed by atoms with E-state index in [1.165, 1.54) is 11.2 Å². The Balaban J connectivity index is 3.13. The van der Waals surface area contributed by atoms with Crippen LogP contribution in [-0.2, 0) is 4.79 Å². The van der Waals surface area contributed by atoms with Gasteiger partial charge in [0.05, 0.1) is 11.1 Å². The molecule has 0 bridgehead atoms. The number of hydrogen-bond acceptors (Lipinski definition) is 5. The van der Waals surface area contributed by atoms with Crippen LogP contribution >= 0.6 is 0 Å². The van der Waals surface area contributed by atoms with Gasteiger partial charge < -0.3 is 10.1 Å². The Morgan fingerprint density at radius 2 is 2.31 bits per heavy atom. The standard InChI is InChI=1S/C9H15N3O4/c1-3-5-9(8(13)14)7(12(15)16)6-11(4-2)10-9/h6,10H,3-5H2,1-2H3,(H,13,14). The van der Waals surface area contributed by atoms with Crippen LogP contribution in [0, 0.1) is 10.1 Å². The molecule has 1 unspecified atom stereocenters. The van der Waals surface area contributed by atoms with Crippen LogP contribution in [0.5, 0.6) is 0 Å². The highest BCUT2D eigenvalue weighted by atomic mass is 16.6. The smallest absolute Gasteiger partial charge is 0.337 e. The number of nitrogens with zero attached hydrogens (tertiary/aromatic N) is 2. The zero-order valence-electron chi connectivity index (χ0n) is 9.27. The summed E-state index contributed by atoms with van der Waals surface area (Å²) >= 11 is 0. The molecule has 1 aliphatic heterocycles. The molecule has 7 nitrogen and oxygen atoms in total. The fourth-order valence-electron chi connectivity index (χ4n) is 1.79. The van der Waals surface area contributed by atoms with Gasteiger partial charge in [0, 0.05) is 6.54 Å². The predicted molar refractivity (Wildman–Crippen MR) is 55.9 cm³/mol. The number of aliphatic carboxylic acids is 1. The Morgan fingerprint density at radius 1 is 1.69 bits per heavy atom. The minimum absolute atomic E-state index is 0.186. The van der Waals surface area contributed by atoms with E-state index in [9.17, 15) is 20.0 Å². The molecule has 0 fully saturated rings. The van der Waals surface area contributed by atoms with Gasteiger partial charge in [-0.3, -0.25) is 10.1 Å². The molecule has 1 rings (SSSR count).